The van der Waals surface area contributed by atoms with Crippen LogP contribution in [0.4, 0.5) is 23.8 Å². The molecule has 0 unspecified atom stereocenters. The first-order valence-corrected chi connectivity index (χ1v) is 7.76. The fourth-order valence-corrected chi connectivity index (χ4v) is 2.74. The van der Waals surface area contributed by atoms with Crippen molar-refractivity contribution in [3.63, 3.8) is 0 Å². The average molecular weight is 359 g/mol. The van der Waals surface area contributed by atoms with Gasteiger partial charge in [0.2, 0.25) is 0 Å². The van der Waals surface area contributed by atoms with E-state index in [4.69, 9.17) is 9.47 Å². The van der Waals surface area contributed by atoms with Crippen LogP contribution < -0.4 is 20.1 Å². The Hall–Kier alpha value is -2.49. The number of alkyl halides is 3. The van der Waals surface area contributed by atoms with Crippen LogP contribution in [0.2, 0.25) is 0 Å². The summed E-state index contributed by atoms with van der Waals surface area (Å²) in [4.78, 5) is 15.2. The van der Waals surface area contributed by atoms with Crippen LogP contribution in [0.25, 0.3) is 0 Å². The first kappa shape index (κ1) is 16.4. The fraction of sp³-hybridized carbons (Fsp3) is 0.286. The van der Waals surface area contributed by atoms with Crippen molar-refractivity contribution in [3.05, 3.63) is 34.0 Å². The number of pyridine rings is 1. The SMILES string of the molecule is O=C(NCc1csc(C(F)(F)F)c1)Nc1ccc2c(n1)OCCO2. The molecular weight excluding hydrogens is 347 g/mol. The number of amides is 2. The van der Waals surface area contributed by atoms with Crippen molar-refractivity contribution in [1.82, 2.24) is 10.3 Å². The second-order valence-electron chi connectivity index (χ2n) is 4.82. The molecule has 1 aliphatic heterocycles. The van der Waals surface area contributed by atoms with Crippen LogP contribution in [-0.2, 0) is 12.7 Å². The molecule has 2 N–H and O–H groups in total. The van der Waals surface area contributed by atoms with Gasteiger partial charge in [-0.3, -0.25) is 5.32 Å². The predicted octanol–water partition coefficient (Wildman–Crippen LogP) is 3.25. The van der Waals surface area contributed by atoms with Crippen LogP contribution in [0.3, 0.4) is 0 Å². The Bertz CT molecular complexity index is 748. The van der Waals surface area contributed by atoms with Gasteiger partial charge in [-0.05, 0) is 29.1 Å². The van der Waals surface area contributed by atoms with Gasteiger partial charge in [-0.2, -0.15) is 18.2 Å². The standard InChI is InChI=1S/C14H12F3N3O3S/c15-14(16,17)10-5-8(7-24-10)6-18-13(21)20-11-2-1-9-12(19-11)23-4-3-22-9/h1-2,5,7H,3-4,6H2,(H2,18,19,20,21). The van der Waals surface area contributed by atoms with Crippen LogP contribution >= 0.6 is 11.3 Å². The van der Waals surface area contributed by atoms with Crippen molar-refractivity contribution in [1.29, 1.82) is 0 Å². The zero-order chi connectivity index (χ0) is 17.2. The third-order valence-corrected chi connectivity index (χ3v) is 4.06. The van der Waals surface area contributed by atoms with E-state index in [1.165, 1.54) is 5.38 Å². The summed E-state index contributed by atoms with van der Waals surface area (Å²) in [6.07, 6.45) is -4.37. The molecule has 128 valence electrons. The highest BCUT2D eigenvalue weighted by molar-refractivity contribution is 7.10. The minimum Gasteiger partial charge on any atom is -0.484 e. The molecule has 0 radical (unpaired) electrons. The number of carbonyl (C=O) groups excluding carboxylic acids is 1. The quantitative estimate of drug-likeness (QED) is 0.882. The van der Waals surface area contributed by atoms with Gasteiger partial charge in [0.25, 0.3) is 5.88 Å². The largest absolute Gasteiger partial charge is 0.484 e. The summed E-state index contributed by atoms with van der Waals surface area (Å²) in [5, 5.41) is 6.31. The van der Waals surface area contributed by atoms with Crippen molar-refractivity contribution < 1.29 is 27.4 Å². The zero-order valence-electron chi connectivity index (χ0n) is 12.1. The summed E-state index contributed by atoms with van der Waals surface area (Å²) in [6, 6.07) is 3.58. The van der Waals surface area contributed by atoms with Crippen molar-refractivity contribution in [2.45, 2.75) is 12.7 Å². The topological polar surface area (TPSA) is 72.5 Å². The Morgan fingerprint density at radius 1 is 1.29 bits per heavy atom. The maximum absolute atomic E-state index is 12.5. The fourth-order valence-electron chi connectivity index (χ4n) is 1.96. The van der Waals surface area contributed by atoms with Crippen LogP contribution in [0, 0.1) is 0 Å². The normalized spacial score (nSPS) is 13.5. The first-order chi connectivity index (χ1) is 11.4. The van der Waals surface area contributed by atoms with Crippen LogP contribution in [-0.4, -0.2) is 24.2 Å². The number of carbonyl (C=O) groups is 1. The third kappa shape index (κ3) is 3.88. The Labute approximate surface area is 138 Å². The Morgan fingerprint density at radius 3 is 2.83 bits per heavy atom. The number of nitrogens with zero attached hydrogens (tertiary/aromatic N) is 1. The lowest BCUT2D eigenvalue weighted by atomic mass is 10.3. The Balaban J connectivity index is 1.55. The number of urea groups is 1. The molecule has 0 saturated heterocycles. The van der Waals surface area contributed by atoms with Gasteiger partial charge in [-0.25, -0.2) is 4.79 Å². The van der Waals surface area contributed by atoms with Crippen LogP contribution in [0.5, 0.6) is 11.6 Å². The molecule has 3 rings (SSSR count). The lowest BCUT2D eigenvalue weighted by Crippen LogP contribution is -2.28. The minimum atomic E-state index is -4.37. The number of anilines is 1. The molecule has 3 heterocycles. The molecule has 6 nitrogen and oxygen atoms in total. The third-order valence-electron chi connectivity index (χ3n) is 3.03. The van der Waals surface area contributed by atoms with Gasteiger partial charge in [0.15, 0.2) is 5.75 Å². The summed E-state index contributed by atoms with van der Waals surface area (Å²) in [5.74, 6) is 1.02. The average Bonchev–Trinajstić information content (AvgIpc) is 3.02. The molecule has 0 fully saturated rings. The number of thiophene rings is 1. The van der Waals surface area contributed by atoms with E-state index in [-0.39, 0.29) is 18.2 Å². The highest BCUT2D eigenvalue weighted by atomic mass is 32.1. The molecule has 2 aromatic rings. The second-order valence-corrected chi connectivity index (χ2v) is 5.73. The monoisotopic (exact) mass is 359 g/mol. The van der Waals surface area contributed by atoms with E-state index in [1.807, 2.05) is 0 Å². The first-order valence-electron chi connectivity index (χ1n) is 6.88. The van der Waals surface area contributed by atoms with Gasteiger partial charge in [0, 0.05) is 6.54 Å². The molecule has 2 aromatic heterocycles. The molecule has 2 amide bonds. The lowest BCUT2D eigenvalue weighted by molar-refractivity contribution is -0.134. The summed E-state index contributed by atoms with van der Waals surface area (Å²) in [5.41, 5.74) is 0.373. The Morgan fingerprint density at radius 2 is 2.08 bits per heavy atom. The molecule has 1 aliphatic rings. The van der Waals surface area contributed by atoms with Crippen molar-refractivity contribution in [2.24, 2.45) is 0 Å². The molecule has 0 spiro atoms. The van der Waals surface area contributed by atoms with Crippen LogP contribution in [0.15, 0.2) is 23.6 Å². The predicted molar refractivity (Wildman–Crippen MR) is 80.4 cm³/mol. The highest BCUT2D eigenvalue weighted by Gasteiger charge is 2.32. The van der Waals surface area contributed by atoms with Gasteiger partial charge in [0.05, 0.1) is 0 Å². The van der Waals surface area contributed by atoms with E-state index < -0.39 is 17.1 Å². The van der Waals surface area contributed by atoms with Crippen molar-refractivity contribution in [3.8, 4) is 11.6 Å². The number of aromatic nitrogens is 1. The number of halogens is 3. The van der Waals surface area contributed by atoms with E-state index >= 15 is 0 Å². The number of ether oxygens (including phenoxy) is 2. The number of fused-ring (bicyclic) bond motifs is 1. The van der Waals surface area contributed by atoms with Gasteiger partial charge in [-0.15, -0.1) is 11.3 Å². The molecule has 10 heteroatoms. The second kappa shape index (κ2) is 6.56. The zero-order valence-corrected chi connectivity index (χ0v) is 13.0. The summed E-state index contributed by atoms with van der Waals surface area (Å²) in [7, 11) is 0. The lowest BCUT2D eigenvalue weighted by Gasteiger charge is -2.17. The van der Waals surface area contributed by atoms with Gasteiger partial charge in [0.1, 0.15) is 23.9 Å². The summed E-state index contributed by atoms with van der Waals surface area (Å²) < 4.78 is 48.1. The number of rotatable bonds is 3. The molecular formula is C14H12F3N3O3S. The van der Waals surface area contributed by atoms with Crippen molar-refractivity contribution >= 4 is 23.2 Å². The molecule has 0 atom stereocenters. The number of hydrogen-bond acceptors (Lipinski definition) is 5. The maximum atomic E-state index is 12.5. The van der Waals surface area contributed by atoms with Gasteiger partial charge in [-0.1, -0.05) is 0 Å². The smallest absolute Gasteiger partial charge is 0.425 e. The molecule has 0 aromatic carbocycles. The molecule has 0 aliphatic carbocycles. The highest BCUT2D eigenvalue weighted by Crippen LogP contribution is 2.34. The number of nitrogens with one attached hydrogen (secondary N) is 2. The van der Waals surface area contributed by atoms with E-state index in [1.54, 1.807) is 12.1 Å². The molecule has 0 bridgehead atoms. The van der Waals surface area contributed by atoms with E-state index in [0.717, 1.165) is 6.07 Å². The van der Waals surface area contributed by atoms with E-state index in [2.05, 4.69) is 15.6 Å². The van der Waals surface area contributed by atoms with E-state index in [0.29, 0.717) is 35.9 Å². The van der Waals surface area contributed by atoms with Gasteiger partial charge < -0.3 is 14.8 Å². The summed E-state index contributed by atoms with van der Waals surface area (Å²) >= 11 is 0.588. The van der Waals surface area contributed by atoms with E-state index in [9.17, 15) is 18.0 Å². The molecule has 24 heavy (non-hydrogen) atoms. The van der Waals surface area contributed by atoms with Crippen LogP contribution in [0.1, 0.15) is 10.4 Å². The Kier molecular flexibility index (Phi) is 4.47. The van der Waals surface area contributed by atoms with Gasteiger partial charge >= 0.3 is 12.2 Å². The van der Waals surface area contributed by atoms with Crippen molar-refractivity contribution in [2.75, 3.05) is 18.5 Å². The summed E-state index contributed by atoms with van der Waals surface area (Å²) in [6.45, 7) is 0.779. The molecule has 0 saturated carbocycles. The minimum absolute atomic E-state index is 0.0248. The maximum Gasteiger partial charge on any atom is 0.425 e. The number of hydrogen-bond donors (Lipinski definition) is 2.